The predicted octanol–water partition coefficient (Wildman–Crippen LogP) is 2.47. The van der Waals surface area contributed by atoms with Gasteiger partial charge in [-0.2, -0.15) is 0 Å². The molecular formula is C17H25BrN4O4. The van der Waals surface area contributed by atoms with E-state index in [1.165, 1.54) is 13.8 Å². The second-order valence-electron chi connectivity index (χ2n) is 6.83. The van der Waals surface area contributed by atoms with Gasteiger partial charge < -0.3 is 15.7 Å². The molecule has 8 nitrogen and oxygen atoms in total. The van der Waals surface area contributed by atoms with Crippen LogP contribution < -0.4 is 21.5 Å². The standard InChI is InChI=1S/C17H25BrN4O4/c1-10(2)9-13(14(23)20-17(3,4)15(24)25)19-16(26)22-21-12-7-5-11(18)6-8-12/h5-8,10,13,21H,9H2,1-4H3,(H,20,23)(H,24,25)(H2,19,22,26)/t13-/m0/s1. The van der Waals surface area contributed by atoms with Gasteiger partial charge in [0.2, 0.25) is 5.91 Å². The number of hydrazine groups is 1. The van der Waals surface area contributed by atoms with Gasteiger partial charge in [-0.3, -0.25) is 15.6 Å². The maximum atomic E-state index is 12.4. The van der Waals surface area contributed by atoms with E-state index in [-0.39, 0.29) is 5.92 Å². The van der Waals surface area contributed by atoms with Crippen molar-refractivity contribution < 1.29 is 19.5 Å². The average Bonchev–Trinajstić information content (AvgIpc) is 2.52. The average molecular weight is 429 g/mol. The SMILES string of the molecule is CC(C)C[C@H](NC(=O)NNc1ccc(Br)cc1)C(=O)NC(C)(C)C(=O)O. The zero-order valence-corrected chi connectivity index (χ0v) is 16.8. The Morgan fingerprint density at radius 3 is 2.23 bits per heavy atom. The summed E-state index contributed by atoms with van der Waals surface area (Å²) < 4.78 is 0.905. The lowest BCUT2D eigenvalue weighted by Gasteiger charge is -2.26. The van der Waals surface area contributed by atoms with Crippen LogP contribution in [0.4, 0.5) is 10.5 Å². The van der Waals surface area contributed by atoms with Crippen LogP contribution in [0.1, 0.15) is 34.1 Å². The van der Waals surface area contributed by atoms with Crippen molar-refractivity contribution in [2.75, 3.05) is 5.43 Å². The number of benzene rings is 1. The van der Waals surface area contributed by atoms with Crippen molar-refractivity contribution in [2.45, 2.75) is 45.7 Å². The van der Waals surface area contributed by atoms with E-state index in [4.69, 9.17) is 5.11 Å². The van der Waals surface area contributed by atoms with E-state index >= 15 is 0 Å². The fourth-order valence-electron chi connectivity index (χ4n) is 2.01. The Morgan fingerprint density at radius 1 is 1.15 bits per heavy atom. The Morgan fingerprint density at radius 2 is 1.73 bits per heavy atom. The molecule has 0 spiro atoms. The Labute approximate surface area is 161 Å². The summed E-state index contributed by atoms with van der Waals surface area (Å²) in [6.07, 6.45) is 0.368. The third kappa shape index (κ3) is 7.30. The first-order valence-electron chi connectivity index (χ1n) is 8.14. The zero-order valence-electron chi connectivity index (χ0n) is 15.2. The van der Waals surface area contributed by atoms with E-state index in [0.717, 1.165) is 4.47 Å². The van der Waals surface area contributed by atoms with Gasteiger partial charge in [-0.1, -0.05) is 29.8 Å². The highest BCUT2D eigenvalue weighted by Gasteiger charge is 2.32. The van der Waals surface area contributed by atoms with Crippen LogP contribution in [0.3, 0.4) is 0 Å². The number of aliphatic carboxylic acids is 1. The largest absolute Gasteiger partial charge is 0.480 e. The Balaban J connectivity index is 2.67. The number of carboxylic acids is 1. The Hall–Kier alpha value is -2.29. The minimum absolute atomic E-state index is 0.124. The van der Waals surface area contributed by atoms with Crippen LogP contribution in [-0.4, -0.2) is 34.6 Å². The fourth-order valence-corrected chi connectivity index (χ4v) is 2.27. The van der Waals surface area contributed by atoms with Crippen LogP contribution in [0, 0.1) is 5.92 Å². The van der Waals surface area contributed by atoms with E-state index in [1.54, 1.807) is 12.1 Å². The molecule has 144 valence electrons. The second-order valence-corrected chi connectivity index (χ2v) is 7.75. The number of halogens is 1. The summed E-state index contributed by atoms with van der Waals surface area (Å²) in [5, 5.41) is 14.1. The molecule has 0 aliphatic rings. The third-order valence-corrected chi connectivity index (χ3v) is 3.99. The number of amides is 3. The highest BCUT2D eigenvalue weighted by molar-refractivity contribution is 9.10. The molecule has 3 amide bonds. The first-order valence-corrected chi connectivity index (χ1v) is 8.94. The molecule has 0 bridgehead atoms. The molecule has 1 aromatic rings. The van der Waals surface area contributed by atoms with Gasteiger partial charge in [0.25, 0.3) is 0 Å². The van der Waals surface area contributed by atoms with Gasteiger partial charge in [0.15, 0.2) is 0 Å². The smallest absolute Gasteiger partial charge is 0.334 e. The van der Waals surface area contributed by atoms with Gasteiger partial charge >= 0.3 is 12.0 Å². The molecule has 1 rings (SSSR count). The molecule has 9 heteroatoms. The highest BCUT2D eigenvalue weighted by atomic mass is 79.9. The quantitative estimate of drug-likeness (QED) is 0.407. The van der Waals surface area contributed by atoms with Gasteiger partial charge in [-0.25, -0.2) is 9.59 Å². The number of carbonyl (C=O) groups is 3. The molecule has 1 atom stereocenters. The minimum atomic E-state index is -1.43. The number of nitrogens with one attached hydrogen (secondary N) is 4. The third-order valence-electron chi connectivity index (χ3n) is 3.46. The van der Waals surface area contributed by atoms with Crippen LogP contribution in [0.2, 0.25) is 0 Å². The maximum Gasteiger partial charge on any atom is 0.334 e. The van der Waals surface area contributed by atoms with Crippen LogP contribution in [0.15, 0.2) is 28.7 Å². The number of carboxylic acid groups (broad SMARTS) is 1. The molecule has 0 aromatic heterocycles. The Kier molecular flexibility index (Phi) is 7.88. The van der Waals surface area contributed by atoms with Gasteiger partial charge in [0.05, 0.1) is 5.69 Å². The number of carbonyl (C=O) groups excluding carboxylic acids is 2. The molecule has 1 aromatic carbocycles. The van der Waals surface area contributed by atoms with Crippen molar-refractivity contribution in [3.05, 3.63) is 28.7 Å². The van der Waals surface area contributed by atoms with Crippen LogP contribution in [0.5, 0.6) is 0 Å². The molecule has 0 heterocycles. The summed E-state index contributed by atoms with van der Waals surface area (Å²) in [5.74, 6) is -1.58. The molecule has 0 fully saturated rings. The van der Waals surface area contributed by atoms with Crippen molar-refractivity contribution in [3.8, 4) is 0 Å². The monoisotopic (exact) mass is 428 g/mol. The first kappa shape index (κ1) is 21.8. The molecule has 26 heavy (non-hydrogen) atoms. The van der Waals surface area contributed by atoms with Gasteiger partial charge in [0, 0.05) is 4.47 Å². The number of anilines is 1. The van der Waals surface area contributed by atoms with E-state index in [9.17, 15) is 14.4 Å². The minimum Gasteiger partial charge on any atom is -0.480 e. The first-order chi connectivity index (χ1) is 12.0. The molecule has 5 N–H and O–H groups in total. The number of hydrogen-bond acceptors (Lipinski definition) is 4. The van der Waals surface area contributed by atoms with E-state index in [0.29, 0.717) is 12.1 Å². The second kappa shape index (κ2) is 9.42. The molecular weight excluding hydrogens is 404 g/mol. The van der Waals surface area contributed by atoms with Crippen LogP contribution in [-0.2, 0) is 9.59 Å². The lowest BCUT2D eigenvalue weighted by atomic mass is 10.0. The fraction of sp³-hybridized carbons (Fsp3) is 0.471. The number of urea groups is 1. The van der Waals surface area contributed by atoms with Gasteiger partial charge in [0.1, 0.15) is 11.6 Å². The topological polar surface area (TPSA) is 120 Å². The number of rotatable bonds is 8. The summed E-state index contributed by atoms with van der Waals surface area (Å²) in [5.41, 5.74) is 4.41. The van der Waals surface area contributed by atoms with Crippen molar-refractivity contribution >= 4 is 39.5 Å². The molecule has 0 aliphatic heterocycles. The summed E-state index contributed by atoms with van der Waals surface area (Å²) in [7, 11) is 0. The zero-order chi connectivity index (χ0) is 19.9. The highest BCUT2D eigenvalue weighted by Crippen LogP contribution is 2.13. The molecule has 0 unspecified atom stereocenters. The van der Waals surface area contributed by atoms with Crippen molar-refractivity contribution in [1.82, 2.24) is 16.1 Å². The van der Waals surface area contributed by atoms with Gasteiger partial charge in [-0.15, -0.1) is 0 Å². The van der Waals surface area contributed by atoms with Gasteiger partial charge in [-0.05, 0) is 50.5 Å². The van der Waals surface area contributed by atoms with Crippen LogP contribution >= 0.6 is 15.9 Å². The normalized spacial score (nSPS) is 12.2. The molecule has 0 radical (unpaired) electrons. The van der Waals surface area contributed by atoms with E-state index in [2.05, 4.69) is 37.4 Å². The van der Waals surface area contributed by atoms with E-state index in [1.807, 2.05) is 26.0 Å². The van der Waals surface area contributed by atoms with Crippen LogP contribution in [0.25, 0.3) is 0 Å². The Bertz CT molecular complexity index is 647. The lowest BCUT2D eigenvalue weighted by molar-refractivity contribution is -0.146. The summed E-state index contributed by atoms with van der Waals surface area (Å²) >= 11 is 3.32. The summed E-state index contributed by atoms with van der Waals surface area (Å²) in [4.78, 5) is 35.7. The lowest BCUT2D eigenvalue weighted by Crippen LogP contribution is -2.58. The maximum absolute atomic E-state index is 12.4. The van der Waals surface area contributed by atoms with Crippen molar-refractivity contribution in [2.24, 2.45) is 5.92 Å². The van der Waals surface area contributed by atoms with Crippen molar-refractivity contribution in [3.63, 3.8) is 0 Å². The van der Waals surface area contributed by atoms with E-state index < -0.39 is 29.5 Å². The number of hydrogen-bond donors (Lipinski definition) is 5. The predicted molar refractivity (Wildman–Crippen MR) is 103 cm³/mol. The molecule has 0 saturated heterocycles. The van der Waals surface area contributed by atoms with Crippen molar-refractivity contribution in [1.29, 1.82) is 0 Å². The molecule has 0 aliphatic carbocycles. The molecule has 0 saturated carbocycles. The summed E-state index contributed by atoms with van der Waals surface area (Å²) in [6, 6.07) is 5.69. The summed E-state index contributed by atoms with van der Waals surface area (Å²) in [6.45, 7) is 6.58.